The summed E-state index contributed by atoms with van der Waals surface area (Å²) in [5.74, 6) is -0.431. The Morgan fingerprint density at radius 3 is 2.80 bits per heavy atom. The molecular formula is C15H22N2O3. The maximum Gasteiger partial charge on any atom is 0.303 e. The minimum Gasteiger partial charge on any atom is -0.481 e. The fourth-order valence-electron chi connectivity index (χ4n) is 2.05. The number of carboxylic acid groups (broad SMARTS) is 1. The number of carbonyl (C=O) groups excluding carboxylic acids is 1. The molecular weight excluding hydrogens is 256 g/mol. The van der Waals surface area contributed by atoms with Crippen LogP contribution in [0.5, 0.6) is 0 Å². The number of pyridine rings is 1. The molecule has 5 nitrogen and oxygen atoms in total. The standard InChI is InChI=1S/C15H22N2O3/c1-2-12(5-6-15(19)20)7-9-17-14(18)10-13-4-3-8-16-11-13/h3-4,8,11-12H,2,5-7,9-10H2,1H3,(H,17,18)(H,19,20). The van der Waals surface area contributed by atoms with Gasteiger partial charge in [0.05, 0.1) is 6.42 Å². The first-order valence-corrected chi connectivity index (χ1v) is 6.99. The van der Waals surface area contributed by atoms with Crippen LogP contribution in [-0.2, 0) is 16.0 Å². The molecule has 110 valence electrons. The number of hydrogen-bond acceptors (Lipinski definition) is 3. The third-order valence-electron chi connectivity index (χ3n) is 3.31. The molecule has 0 aliphatic carbocycles. The molecule has 1 unspecified atom stereocenters. The molecule has 2 N–H and O–H groups in total. The largest absolute Gasteiger partial charge is 0.481 e. The van der Waals surface area contributed by atoms with E-state index in [1.165, 1.54) is 0 Å². The van der Waals surface area contributed by atoms with Gasteiger partial charge in [-0.15, -0.1) is 0 Å². The Morgan fingerprint density at radius 1 is 1.40 bits per heavy atom. The van der Waals surface area contributed by atoms with Crippen molar-refractivity contribution in [2.45, 2.75) is 39.0 Å². The molecule has 0 aliphatic rings. The van der Waals surface area contributed by atoms with Gasteiger partial charge in [-0.3, -0.25) is 14.6 Å². The third-order valence-corrected chi connectivity index (χ3v) is 3.31. The molecule has 0 spiro atoms. The molecule has 0 aliphatic heterocycles. The molecule has 1 atom stereocenters. The number of nitrogens with one attached hydrogen (secondary N) is 1. The summed E-state index contributed by atoms with van der Waals surface area (Å²) in [6.07, 6.45) is 6.32. The van der Waals surface area contributed by atoms with Gasteiger partial charge in [0, 0.05) is 25.4 Å². The summed E-state index contributed by atoms with van der Waals surface area (Å²) in [6.45, 7) is 2.64. The number of carboxylic acids is 1. The molecule has 1 aromatic heterocycles. The van der Waals surface area contributed by atoms with Gasteiger partial charge in [-0.1, -0.05) is 19.4 Å². The smallest absolute Gasteiger partial charge is 0.303 e. The predicted molar refractivity (Wildman–Crippen MR) is 76.2 cm³/mol. The Kier molecular flexibility index (Phi) is 7.32. The van der Waals surface area contributed by atoms with Gasteiger partial charge in [0.25, 0.3) is 0 Å². The summed E-state index contributed by atoms with van der Waals surface area (Å²) in [4.78, 5) is 26.2. The number of nitrogens with zero attached hydrogens (tertiary/aromatic N) is 1. The Morgan fingerprint density at radius 2 is 2.20 bits per heavy atom. The van der Waals surface area contributed by atoms with E-state index in [9.17, 15) is 9.59 Å². The Hall–Kier alpha value is -1.91. The topological polar surface area (TPSA) is 79.3 Å². The van der Waals surface area contributed by atoms with Crippen molar-refractivity contribution < 1.29 is 14.7 Å². The Balaban J connectivity index is 2.21. The average molecular weight is 278 g/mol. The third kappa shape index (κ3) is 6.87. The van der Waals surface area contributed by atoms with Crippen molar-refractivity contribution in [3.05, 3.63) is 30.1 Å². The zero-order valence-corrected chi connectivity index (χ0v) is 11.8. The Bertz CT molecular complexity index is 420. The van der Waals surface area contributed by atoms with Crippen LogP contribution in [0.4, 0.5) is 0 Å². The highest BCUT2D eigenvalue weighted by Gasteiger charge is 2.10. The van der Waals surface area contributed by atoms with Crippen molar-refractivity contribution in [2.24, 2.45) is 5.92 Å². The van der Waals surface area contributed by atoms with Crippen LogP contribution in [0.1, 0.15) is 38.2 Å². The van der Waals surface area contributed by atoms with Crippen LogP contribution in [0, 0.1) is 5.92 Å². The van der Waals surface area contributed by atoms with Crippen LogP contribution in [0.25, 0.3) is 0 Å². The van der Waals surface area contributed by atoms with Gasteiger partial charge >= 0.3 is 5.97 Å². The molecule has 0 aromatic carbocycles. The Labute approximate surface area is 119 Å². The van der Waals surface area contributed by atoms with E-state index < -0.39 is 5.97 Å². The highest BCUT2D eigenvalue weighted by molar-refractivity contribution is 5.78. The van der Waals surface area contributed by atoms with Crippen LogP contribution in [0.3, 0.4) is 0 Å². The highest BCUT2D eigenvalue weighted by atomic mass is 16.4. The number of aromatic nitrogens is 1. The van der Waals surface area contributed by atoms with Crippen molar-refractivity contribution in [3.63, 3.8) is 0 Å². The lowest BCUT2D eigenvalue weighted by Crippen LogP contribution is -2.27. The van der Waals surface area contributed by atoms with Gasteiger partial charge in [0.1, 0.15) is 0 Å². The lowest BCUT2D eigenvalue weighted by atomic mass is 9.96. The predicted octanol–water partition coefficient (Wildman–Crippen LogP) is 2.02. The van der Waals surface area contributed by atoms with E-state index >= 15 is 0 Å². The zero-order chi connectivity index (χ0) is 14.8. The first kappa shape index (κ1) is 16.1. The molecule has 0 bridgehead atoms. The van der Waals surface area contributed by atoms with Crippen molar-refractivity contribution >= 4 is 11.9 Å². The molecule has 1 heterocycles. The monoisotopic (exact) mass is 278 g/mol. The summed E-state index contributed by atoms with van der Waals surface area (Å²) in [5.41, 5.74) is 0.892. The van der Waals surface area contributed by atoms with E-state index in [1.54, 1.807) is 12.4 Å². The van der Waals surface area contributed by atoms with Crippen LogP contribution in [-0.4, -0.2) is 28.5 Å². The maximum absolute atomic E-state index is 11.7. The summed E-state index contributed by atoms with van der Waals surface area (Å²) in [5, 5.41) is 11.5. The molecule has 1 rings (SSSR count). The zero-order valence-electron chi connectivity index (χ0n) is 11.8. The molecule has 0 saturated heterocycles. The summed E-state index contributed by atoms with van der Waals surface area (Å²) in [6, 6.07) is 3.68. The maximum atomic E-state index is 11.7. The molecule has 20 heavy (non-hydrogen) atoms. The van der Waals surface area contributed by atoms with Crippen molar-refractivity contribution in [2.75, 3.05) is 6.54 Å². The van der Waals surface area contributed by atoms with Gasteiger partial charge in [-0.2, -0.15) is 0 Å². The lowest BCUT2D eigenvalue weighted by molar-refractivity contribution is -0.137. The second-order valence-corrected chi connectivity index (χ2v) is 4.88. The van der Waals surface area contributed by atoms with Gasteiger partial charge in [0.15, 0.2) is 0 Å². The molecule has 5 heteroatoms. The first-order chi connectivity index (χ1) is 9.61. The van der Waals surface area contributed by atoms with E-state index in [1.807, 2.05) is 19.1 Å². The van der Waals surface area contributed by atoms with Crippen molar-refractivity contribution in [1.82, 2.24) is 10.3 Å². The fourth-order valence-corrected chi connectivity index (χ4v) is 2.05. The van der Waals surface area contributed by atoms with E-state index in [0.717, 1.165) is 18.4 Å². The number of aliphatic carboxylic acids is 1. The van der Waals surface area contributed by atoms with Gasteiger partial charge < -0.3 is 10.4 Å². The SMILES string of the molecule is CCC(CCNC(=O)Cc1cccnc1)CCC(=O)O. The molecule has 0 radical (unpaired) electrons. The summed E-state index contributed by atoms with van der Waals surface area (Å²) in [7, 11) is 0. The molecule has 0 fully saturated rings. The lowest BCUT2D eigenvalue weighted by Gasteiger charge is -2.14. The average Bonchev–Trinajstić information content (AvgIpc) is 2.43. The quantitative estimate of drug-likeness (QED) is 0.724. The molecule has 1 aromatic rings. The number of amides is 1. The van der Waals surface area contributed by atoms with Crippen LogP contribution < -0.4 is 5.32 Å². The normalized spacial score (nSPS) is 11.8. The van der Waals surface area contributed by atoms with E-state index in [4.69, 9.17) is 5.11 Å². The second-order valence-electron chi connectivity index (χ2n) is 4.88. The van der Waals surface area contributed by atoms with Gasteiger partial charge in [0.2, 0.25) is 5.91 Å². The van der Waals surface area contributed by atoms with Crippen LogP contribution in [0.2, 0.25) is 0 Å². The number of carbonyl (C=O) groups is 2. The van der Waals surface area contributed by atoms with Crippen LogP contribution >= 0.6 is 0 Å². The van der Waals surface area contributed by atoms with Gasteiger partial charge in [-0.25, -0.2) is 0 Å². The summed E-state index contributed by atoms with van der Waals surface area (Å²) >= 11 is 0. The summed E-state index contributed by atoms with van der Waals surface area (Å²) < 4.78 is 0. The highest BCUT2D eigenvalue weighted by Crippen LogP contribution is 2.14. The van der Waals surface area contributed by atoms with E-state index in [-0.39, 0.29) is 12.3 Å². The van der Waals surface area contributed by atoms with Crippen molar-refractivity contribution in [3.8, 4) is 0 Å². The minimum atomic E-state index is -0.760. The fraction of sp³-hybridized carbons (Fsp3) is 0.533. The number of hydrogen-bond donors (Lipinski definition) is 2. The molecule has 0 saturated carbocycles. The van der Waals surface area contributed by atoms with Crippen LogP contribution in [0.15, 0.2) is 24.5 Å². The van der Waals surface area contributed by atoms with E-state index in [0.29, 0.717) is 25.3 Å². The first-order valence-electron chi connectivity index (χ1n) is 6.99. The number of rotatable bonds is 9. The van der Waals surface area contributed by atoms with Gasteiger partial charge in [-0.05, 0) is 30.4 Å². The minimum absolute atomic E-state index is 0.0221. The van der Waals surface area contributed by atoms with Crippen molar-refractivity contribution in [1.29, 1.82) is 0 Å². The second kappa shape index (κ2) is 9.07. The molecule has 1 amide bonds. The van der Waals surface area contributed by atoms with E-state index in [2.05, 4.69) is 10.3 Å².